The second kappa shape index (κ2) is 13.3. The summed E-state index contributed by atoms with van der Waals surface area (Å²) in [6, 6.07) is 0. The first kappa shape index (κ1) is 24.0. The van der Waals surface area contributed by atoms with Crippen LogP contribution in [0.3, 0.4) is 0 Å². The van der Waals surface area contributed by atoms with Gasteiger partial charge in [0.05, 0.1) is 32.2 Å². The van der Waals surface area contributed by atoms with Crippen molar-refractivity contribution in [2.24, 2.45) is 0 Å². The number of nitrogens with one attached hydrogen (secondary N) is 1. The van der Waals surface area contributed by atoms with Crippen molar-refractivity contribution in [3.63, 3.8) is 0 Å². The predicted octanol–water partition coefficient (Wildman–Crippen LogP) is 2.91. The van der Waals surface area contributed by atoms with Crippen molar-refractivity contribution < 1.29 is 24.4 Å². The molecule has 0 saturated carbocycles. The molecule has 2 rings (SSSR count). The highest BCUT2D eigenvalue weighted by Crippen LogP contribution is 2.21. The number of carboxylic acid groups (broad SMARTS) is 1. The highest BCUT2D eigenvalue weighted by atomic mass is 79.9. The van der Waals surface area contributed by atoms with Crippen LogP contribution in [0.5, 0.6) is 0 Å². The summed E-state index contributed by atoms with van der Waals surface area (Å²) >= 11 is 8.60. The molecule has 0 aliphatic heterocycles. The summed E-state index contributed by atoms with van der Waals surface area (Å²) in [4.78, 5) is 30.6. The van der Waals surface area contributed by atoms with Crippen LogP contribution in [-0.4, -0.2) is 59.1 Å². The average Bonchev–Trinajstić information content (AvgIpc) is 3.22. The van der Waals surface area contributed by atoms with Crippen LogP contribution in [0.1, 0.15) is 20.7 Å². The number of aromatic carboxylic acids is 1. The Morgan fingerprint density at radius 3 is 1.84 bits per heavy atom. The number of amides is 1. The number of carboxylic acids is 1. The van der Waals surface area contributed by atoms with Gasteiger partial charge in [0, 0.05) is 14.1 Å². The number of hydroxylamine groups is 3. The standard InChI is InChI=1S/C6H7BrN2O2S.C4H2BrNO2S.C2H7NO/c1-9(11-2)6(10)4-3-8-12-5(4)7;5-3-2(4(7)8)1-6-9-3;1-3-4-2/h3H,1-2H3;1H,(H,7,8);3H,1-2H3. The molecule has 0 spiro atoms. The molecule has 2 aromatic heterocycles. The minimum atomic E-state index is -0.948. The molecule has 0 unspecified atom stereocenters. The van der Waals surface area contributed by atoms with Gasteiger partial charge in [-0.05, 0) is 54.9 Å². The SMILES string of the molecule is CNOC.CON(C)C(=O)c1cnsc1Br.O=C(O)c1cnsc1Br. The molecule has 9 nitrogen and oxygen atoms in total. The van der Waals surface area contributed by atoms with E-state index in [0.29, 0.717) is 9.35 Å². The van der Waals surface area contributed by atoms with Crippen molar-refractivity contribution in [2.75, 3.05) is 28.3 Å². The first-order chi connectivity index (χ1) is 11.8. The number of halogens is 2. The number of aromatic nitrogens is 2. The van der Waals surface area contributed by atoms with Gasteiger partial charge >= 0.3 is 5.97 Å². The number of hydrogen-bond acceptors (Lipinski definition) is 9. The van der Waals surface area contributed by atoms with E-state index < -0.39 is 5.97 Å². The van der Waals surface area contributed by atoms with Crippen LogP contribution in [0.4, 0.5) is 0 Å². The van der Waals surface area contributed by atoms with E-state index in [2.05, 4.69) is 50.9 Å². The highest BCUT2D eigenvalue weighted by molar-refractivity contribution is 9.11. The summed E-state index contributed by atoms with van der Waals surface area (Å²) < 4.78 is 8.79. The Bertz CT molecular complexity index is 665. The van der Waals surface area contributed by atoms with Crippen LogP contribution in [0, 0.1) is 0 Å². The van der Waals surface area contributed by atoms with E-state index >= 15 is 0 Å². The Hall–Kier alpha value is -0.960. The predicted molar refractivity (Wildman–Crippen MR) is 102 cm³/mol. The lowest BCUT2D eigenvalue weighted by Gasteiger charge is -2.11. The number of carbonyl (C=O) groups excluding carboxylic acids is 1. The van der Waals surface area contributed by atoms with E-state index in [9.17, 15) is 9.59 Å². The van der Waals surface area contributed by atoms with Gasteiger partial charge in [-0.1, -0.05) is 0 Å². The summed E-state index contributed by atoms with van der Waals surface area (Å²) in [7, 11) is 6.26. The van der Waals surface area contributed by atoms with Gasteiger partial charge in [-0.15, -0.1) is 0 Å². The lowest BCUT2D eigenvalue weighted by atomic mass is 10.3. The molecule has 13 heteroatoms. The molecule has 2 aromatic rings. The van der Waals surface area contributed by atoms with E-state index in [1.807, 2.05) is 0 Å². The van der Waals surface area contributed by atoms with Crippen LogP contribution < -0.4 is 5.48 Å². The van der Waals surface area contributed by atoms with E-state index in [1.165, 1.54) is 31.0 Å². The van der Waals surface area contributed by atoms with Gasteiger partial charge in [0.1, 0.15) is 13.1 Å². The van der Waals surface area contributed by atoms with Gasteiger partial charge in [-0.25, -0.2) is 15.3 Å². The molecule has 1 amide bonds. The first-order valence-corrected chi connectivity index (χ1v) is 9.38. The quantitative estimate of drug-likeness (QED) is 0.592. The normalized spacial score (nSPS) is 9.36. The summed E-state index contributed by atoms with van der Waals surface area (Å²) in [6.45, 7) is 0. The topological polar surface area (TPSA) is 114 Å². The molecule has 0 aliphatic rings. The first-order valence-electron chi connectivity index (χ1n) is 6.25. The minimum Gasteiger partial charge on any atom is -0.478 e. The number of carbonyl (C=O) groups is 2. The molecule has 25 heavy (non-hydrogen) atoms. The smallest absolute Gasteiger partial charge is 0.339 e. The molecule has 0 atom stereocenters. The maximum absolute atomic E-state index is 11.4. The van der Waals surface area contributed by atoms with Crippen LogP contribution in [0.2, 0.25) is 0 Å². The maximum Gasteiger partial charge on any atom is 0.339 e. The van der Waals surface area contributed by atoms with Gasteiger partial charge in [0.15, 0.2) is 0 Å². The van der Waals surface area contributed by atoms with Crippen molar-refractivity contribution >= 4 is 66.8 Å². The van der Waals surface area contributed by atoms with Crippen LogP contribution in [0.15, 0.2) is 20.0 Å². The summed E-state index contributed by atoms with van der Waals surface area (Å²) in [5.74, 6) is -1.16. The summed E-state index contributed by atoms with van der Waals surface area (Å²) in [6.07, 6.45) is 2.82. The molecule has 140 valence electrons. The summed E-state index contributed by atoms with van der Waals surface area (Å²) in [5, 5.41) is 9.54. The Morgan fingerprint density at radius 2 is 1.60 bits per heavy atom. The van der Waals surface area contributed by atoms with Crippen molar-refractivity contribution in [1.82, 2.24) is 19.3 Å². The third-order valence-electron chi connectivity index (χ3n) is 2.28. The van der Waals surface area contributed by atoms with Crippen molar-refractivity contribution in [3.05, 3.63) is 31.1 Å². The number of nitrogens with zero attached hydrogens (tertiary/aromatic N) is 3. The zero-order valence-corrected chi connectivity index (χ0v) is 18.5. The lowest BCUT2D eigenvalue weighted by Crippen LogP contribution is -2.25. The molecule has 0 aliphatic carbocycles. The molecule has 2 heterocycles. The highest BCUT2D eigenvalue weighted by Gasteiger charge is 2.16. The van der Waals surface area contributed by atoms with E-state index in [0.717, 1.165) is 20.4 Å². The molecule has 0 aromatic carbocycles. The van der Waals surface area contributed by atoms with Crippen LogP contribution in [-0.2, 0) is 9.68 Å². The largest absolute Gasteiger partial charge is 0.478 e. The summed E-state index contributed by atoms with van der Waals surface area (Å²) in [5.41, 5.74) is 3.17. The fraction of sp³-hybridized carbons (Fsp3) is 0.333. The van der Waals surface area contributed by atoms with Crippen LogP contribution >= 0.6 is 54.9 Å². The lowest BCUT2D eigenvalue weighted by molar-refractivity contribution is -0.0757. The monoisotopic (exact) mass is 518 g/mol. The molecule has 0 saturated heterocycles. The third-order valence-corrected chi connectivity index (χ3v) is 5.18. The van der Waals surface area contributed by atoms with Gasteiger partial charge < -0.3 is 9.94 Å². The van der Waals surface area contributed by atoms with Crippen molar-refractivity contribution in [3.8, 4) is 0 Å². The Balaban J connectivity index is 0.000000391. The molecule has 2 N–H and O–H groups in total. The Morgan fingerprint density at radius 1 is 1.16 bits per heavy atom. The number of rotatable bonds is 4. The fourth-order valence-electron chi connectivity index (χ4n) is 0.982. The second-order valence-electron chi connectivity index (χ2n) is 3.72. The average molecular weight is 520 g/mol. The minimum absolute atomic E-state index is 0.210. The second-order valence-corrected chi connectivity index (χ2v) is 7.96. The third kappa shape index (κ3) is 8.80. The maximum atomic E-state index is 11.4. The van der Waals surface area contributed by atoms with Gasteiger partial charge in [-0.2, -0.15) is 8.75 Å². The molecule has 0 radical (unpaired) electrons. The Kier molecular flexibility index (Phi) is 12.8. The Labute approximate surface area is 169 Å². The van der Waals surface area contributed by atoms with E-state index in [4.69, 9.17) is 9.94 Å². The van der Waals surface area contributed by atoms with E-state index in [-0.39, 0.29) is 11.5 Å². The van der Waals surface area contributed by atoms with E-state index in [1.54, 1.807) is 21.2 Å². The molecular formula is C12H16Br2N4O5S2. The molecule has 0 fully saturated rings. The van der Waals surface area contributed by atoms with Crippen LogP contribution in [0.25, 0.3) is 0 Å². The number of hydrogen-bond donors (Lipinski definition) is 2. The van der Waals surface area contributed by atoms with Gasteiger partial charge in [-0.3, -0.25) is 9.63 Å². The van der Waals surface area contributed by atoms with Crippen molar-refractivity contribution in [1.29, 1.82) is 0 Å². The van der Waals surface area contributed by atoms with Crippen molar-refractivity contribution in [2.45, 2.75) is 0 Å². The fourth-order valence-corrected chi connectivity index (χ4v) is 3.01. The zero-order valence-electron chi connectivity index (χ0n) is 13.6. The zero-order chi connectivity index (χ0) is 19.4. The molecule has 0 bridgehead atoms. The van der Waals surface area contributed by atoms with Gasteiger partial charge in [0.2, 0.25) is 0 Å². The van der Waals surface area contributed by atoms with Gasteiger partial charge in [0.25, 0.3) is 5.91 Å². The molecular weight excluding hydrogens is 504 g/mol.